The lowest BCUT2D eigenvalue weighted by atomic mass is 9.96. The van der Waals surface area contributed by atoms with Crippen LogP contribution in [-0.2, 0) is 0 Å². The third kappa shape index (κ3) is 5.90. The van der Waals surface area contributed by atoms with Gasteiger partial charge in [-0.3, -0.25) is 4.57 Å². The van der Waals surface area contributed by atoms with Crippen molar-refractivity contribution in [2.45, 2.75) is 0 Å². The second-order valence-electron chi connectivity index (χ2n) is 15.6. The third-order valence-electron chi connectivity index (χ3n) is 11.9. The normalized spacial score (nSPS) is 11.5. The quantitative estimate of drug-likeness (QED) is 0.162. The molecule has 0 bridgehead atoms. The van der Waals surface area contributed by atoms with Crippen molar-refractivity contribution in [3.63, 3.8) is 0 Å². The minimum atomic E-state index is 0.551. The van der Waals surface area contributed by atoms with Crippen molar-refractivity contribution in [3.8, 4) is 67.8 Å². The Kier molecular flexibility index (Phi) is 8.42. The van der Waals surface area contributed by atoms with Gasteiger partial charge in [-0.1, -0.05) is 182 Å². The molecule has 0 fully saturated rings. The van der Waals surface area contributed by atoms with Gasteiger partial charge in [0.25, 0.3) is 0 Å². The fourth-order valence-corrected chi connectivity index (χ4v) is 9.15. The zero-order valence-electron chi connectivity index (χ0n) is 33.6. The van der Waals surface area contributed by atoms with Crippen molar-refractivity contribution in [2.24, 2.45) is 0 Å². The summed E-state index contributed by atoms with van der Waals surface area (Å²) in [5.41, 5.74) is 14.1. The van der Waals surface area contributed by atoms with Crippen molar-refractivity contribution >= 4 is 43.6 Å². The van der Waals surface area contributed by atoms with Gasteiger partial charge in [-0.15, -0.1) is 0 Å². The molecule has 0 unspecified atom stereocenters. The topological polar surface area (TPSA) is 48.5 Å². The molecule has 3 heterocycles. The molecule has 0 aliphatic rings. The Bertz CT molecular complexity index is 3610. The molecule has 9 aromatic carbocycles. The molecule has 0 saturated heterocycles. The average Bonchev–Trinajstić information content (AvgIpc) is 3.88. The second-order valence-corrected chi connectivity index (χ2v) is 15.6. The Hall–Kier alpha value is -8.41. The van der Waals surface area contributed by atoms with Crippen molar-refractivity contribution in [1.82, 2.24) is 24.1 Å². The molecule has 3 aromatic heterocycles. The van der Waals surface area contributed by atoms with Crippen LogP contribution >= 0.6 is 0 Å². The van der Waals surface area contributed by atoms with E-state index in [1.807, 2.05) is 18.2 Å². The van der Waals surface area contributed by atoms with Crippen LogP contribution in [-0.4, -0.2) is 24.1 Å². The van der Waals surface area contributed by atoms with E-state index in [-0.39, 0.29) is 0 Å². The second kappa shape index (κ2) is 14.7. The number of hydrogen-bond donors (Lipinski definition) is 0. The predicted octanol–water partition coefficient (Wildman–Crippen LogP) is 14.4. The molecular formula is C57H37N5. The number of fused-ring (bicyclic) bond motifs is 7. The number of para-hydroxylation sites is 3. The number of rotatable bonds is 7. The lowest BCUT2D eigenvalue weighted by molar-refractivity contribution is 0.953. The van der Waals surface area contributed by atoms with Crippen molar-refractivity contribution in [1.29, 1.82) is 0 Å². The van der Waals surface area contributed by atoms with Gasteiger partial charge in [-0.2, -0.15) is 9.97 Å². The SMILES string of the molecule is c1ccc(-c2cccc(-c3cccc(-c4nc(-c5ccccc5)nc(-n5c6ccccc6c6cc(-c7ccccc7)c7c8ccccc8n(-c8ccccc8)c7c65)n4)c3)c2)cc1. The summed E-state index contributed by atoms with van der Waals surface area (Å²) in [7, 11) is 0. The predicted molar refractivity (Wildman–Crippen MR) is 256 cm³/mol. The molecule has 62 heavy (non-hydrogen) atoms. The fourth-order valence-electron chi connectivity index (χ4n) is 9.15. The van der Waals surface area contributed by atoms with Crippen LogP contribution in [0.5, 0.6) is 0 Å². The van der Waals surface area contributed by atoms with Crippen LogP contribution in [0.3, 0.4) is 0 Å². The van der Waals surface area contributed by atoms with Crippen LogP contribution < -0.4 is 0 Å². The fraction of sp³-hybridized carbons (Fsp3) is 0. The zero-order chi connectivity index (χ0) is 41.0. The van der Waals surface area contributed by atoms with Crippen molar-refractivity contribution in [2.75, 3.05) is 0 Å². The van der Waals surface area contributed by atoms with Crippen LogP contribution in [0.25, 0.3) is 111 Å². The van der Waals surface area contributed by atoms with Crippen LogP contribution in [0.2, 0.25) is 0 Å². The summed E-state index contributed by atoms with van der Waals surface area (Å²) in [6.07, 6.45) is 0. The molecule has 5 heteroatoms. The first kappa shape index (κ1) is 35.5. The van der Waals surface area contributed by atoms with Gasteiger partial charge < -0.3 is 4.57 Å². The van der Waals surface area contributed by atoms with Gasteiger partial charge in [0.05, 0.1) is 22.1 Å². The van der Waals surface area contributed by atoms with Gasteiger partial charge in [0.2, 0.25) is 5.95 Å². The molecule has 0 amide bonds. The largest absolute Gasteiger partial charge is 0.307 e. The van der Waals surface area contributed by atoms with E-state index in [1.54, 1.807) is 0 Å². The maximum atomic E-state index is 5.45. The first-order chi connectivity index (χ1) is 30.8. The number of aromatic nitrogens is 5. The van der Waals surface area contributed by atoms with E-state index in [0.717, 1.165) is 66.3 Å². The Morgan fingerprint density at radius 1 is 0.290 bits per heavy atom. The molecule has 0 aliphatic carbocycles. The van der Waals surface area contributed by atoms with Gasteiger partial charge in [-0.05, 0) is 75.8 Å². The number of nitrogens with zero attached hydrogens (tertiary/aromatic N) is 5. The third-order valence-corrected chi connectivity index (χ3v) is 11.9. The zero-order valence-corrected chi connectivity index (χ0v) is 33.6. The first-order valence-corrected chi connectivity index (χ1v) is 21.0. The molecule has 0 aliphatic heterocycles. The van der Waals surface area contributed by atoms with Gasteiger partial charge in [0.15, 0.2) is 11.6 Å². The maximum Gasteiger partial charge on any atom is 0.238 e. The van der Waals surface area contributed by atoms with Gasteiger partial charge in [-0.25, -0.2) is 4.98 Å². The molecule has 0 saturated carbocycles. The number of benzene rings is 9. The molecule has 12 aromatic rings. The summed E-state index contributed by atoms with van der Waals surface area (Å²) in [5, 5.41) is 4.60. The molecule has 0 radical (unpaired) electrons. The van der Waals surface area contributed by atoms with Crippen molar-refractivity contribution in [3.05, 3.63) is 224 Å². The highest BCUT2D eigenvalue weighted by Crippen LogP contribution is 2.46. The van der Waals surface area contributed by atoms with Crippen molar-refractivity contribution < 1.29 is 0 Å². The van der Waals surface area contributed by atoms with Crippen LogP contribution in [0, 0.1) is 0 Å². The summed E-state index contributed by atoms with van der Waals surface area (Å²) in [4.78, 5) is 16.0. The Morgan fingerprint density at radius 3 is 1.42 bits per heavy atom. The molecule has 290 valence electrons. The first-order valence-electron chi connectivity index (χ1n) is 21.0. The summed E-state index contributed by atoms with van der Waals surface area (Å²) < 4.78 is 4.69. The van der Waals surface area contributed by atoms with E-state index in [2.05, 4.69) is 215 Å². The Balaban J connectivity index is 1.17. The monoisotopic (exact) mass is 791 g/mol. The summed E-state index contributed by atoms with van der Waals surface area (Å²) >= 11 is 0. The van der Waals surface area contributed by atoms with Crippen LogP contribution in [0.15, 0.2) is 224 Å². The molecule has 12 rings (SSSR count). The minimum Gasteiger partial charge on any atom is -0.307 e. The van der Waals surface area contributed by atoms with E-state index in [0.29, 0.717) is 17.6 Å². The minimum absolute atomic E-state index is 0.551. The molecular weight excluding hydrogens is 755 g/mol. The smallest absolute Gasteiger partial charge is 0.238 e. The van der Waals surface area contributed by atoms with E-state index >= 15 is 0 Å². The van der Waals surface area contributed by atoms with Gasteiger partial charge >= 0.3 is 0 Å². The molecule has 0 atom stereocenters. The van der Waals surface area contributed by atoms with E-state index in [1.165, 1.54) is 27.5 Å². The molecule has 5 nitrogen and oxygen atoms in total. The van der Waals surface area contributed by atoms with Crippen LogP contribution in [0.1, 0.15) is 0 Å². The highest BCUT2D eigenvalue weighted by molar-refractivity contribution is 6.28. The van der Waals surface area contributed by atoms with E-state index in [4.69, 9.17) is 15.0 Å². The summed E-state index contributed by atoms with van der Waals surface area (Å²) in [6.45, 7) is 0. The van der Waals surface area contributed by atoms with Gasteiger partial charge in [0.1, 0.15) is 0 Å². The molecule has 0 N–H and O–H groups in total. The van der Waals surface area contributed by atoms with E-state index in [9.17, 15) is 0 Å². The maximum absolute atomic E-state index is 5.45. The lowest BCUT2D eigenvalue weighted by Crippen LogP contribution is -2.07. The van der Waals surface area contributed by atoms with Gasteiger partial charge in [0, 0.05) is 38.4 Å². The molecule has 0 spiro atoms. The summed E-state index contributed by atoms with van der Waals surface area (Å²) in [6, 6.07) is 79.2. The summed E-state index contributed by atoms with van der Waals surface area (Å²) in [5.74, 6) is 1.76. The number of hydrogen-bond acceptors (Lipinski definition) is 3. The Labute approximate surface area is 358 Å². The Morgan fingerprint density at radius 2 is 0.758 bits per heavy atom. The van der Waals surface area contributed by atoms with Crippen LogP contribution in [0.4, 0.5) is 0 Å². The average molecular weight is 792 g/mol. The van der Waals surface area contributed by atoms with E-state index < -0.39 is 0 Å². The highest BCUT2D eigenvalue weighted by Gasteiger charge is 2.26. The highest BCUT2D eigenvalue weighted by atomic mass is 15.2. The lowest BCUT2D eigenvalue weighted by Gasteiger charge is -2.15. The standard InChI is InChI=1S/C57H37N5/c1-5-19-38(20-6-1)41-25-17-26-42(35-41)43-27-18-28-44(36-43)56-58-55(40-23-9-3-10-24-40)59-57(60-56)62-50-33-15-13-31-46(50)49-37-48(39-21-7-2-8-22-39)52-47-32-14-16-34-51(47)61(54(52)53(49)62)45-29-11-4-12-30-45/h1-37H.